The largest absolute Gasteiger partial charge is 0.338 e. The van der Waals surface area contributed by atoms with Gasteiger partial charge < -0.3 is 4.52 Å². The maximum atomic E-state index is 5.32. The van der Waals surface area contributed by atoms with Crippen LogP contribution in [0.25, 0.3) is 0 Å². The molecule has 0 spiro atoms. The van der Waals surface area contributed by atoms with Crippen molar-refractivity contribution in [3.05, 3.63) is 11.7 Å². The zero-order valence-corrected chi connectivity index (χ0v) is 12.2. The van der Waals surface area contributed by atoms with Gasteiger partial charge in [0.1, 0.15) is 0 Å². The van der Waals surface area contributed by atoms with E-state index in [0.29, 0.717) is 5.92 Å². The number of halogens is 1. The Morgan fingerprint density at radius 1 is 1.29 bits per heavy atom. The van der Waals surface area contributed by atoms with Crippen molar-refractivity contribution in [1.82, 2.24) is 10.1 Å². The Labute approximate surface area is 111 Å². The van der Waals surface area contributed by atoms with Gasteiger partial charge in [-0.3, -0.25) is 0 Å². The summed E-state index contributed by atoms with van der Waals surface area (Å²) < 4.78 is 5.32. The smallest absolute Gasteiger partial charge is 0.240 e. The first kappa shape index (κ1) is 13.1. The highest BCUT2D eigenvalue weighted by Crippen LogP contribution is 2.36. The van der Waals surface area contributed by atoms with E-state index < -0.39 is 0 Å². The van der Waals surface area contributed by atoms with Crippen LogP contribution in [0.1, 0.15) is 74.8 Å². The van der Waals surface area contributed by atoms with Crippen molar-refractivity contribution in [2.45, 2.75) is 63.1 Å². The summed E-state index contributed by atoms with van der Waals surface area (Å²) in [6, 6.07) is 0. The Morgan fingerprint density at radius 2 is 2.00 bits per heavy atom. The average molecular weight is 301 g/mol. The molecule has 3 nitrogen and oxygen atoms in total. The lowest BCUT2D eigenvalue weighted by Gasteiger charge is -2.25. The second-order valence-corrected chi connectivity index (χ2v) is 6.10. The summed E-state index contributed by atoms with van der Waals surface area (Å²) >= 11 is 3.55. The maximum absolute atomic E-state index is 5.32. The predicted molar refractivity (Wildman–Crippen MR) is 71.2 cm³/mol. The number of nitrogens with zero attached hydrogens (tertiary/aromatic N) is 2. The van der Waals surface area contributed by atoms with Crippen LogP contribution >= 0.6 is 15.9 Å². The minimum atomic E-state index is 0.204. The molecule has 4 heteroatoms. The molecular weight excluding hydrogens is 280 g/mol. The molecule has 1 aliphatic carbocycles. The van der Waals surface area contributed by atoms with E-state index in [-0.39, 0.29) is 4.83 Å². The van der Waals surface area contributed by atoms with Crippen molar-refractivity contribution < 1.29 is 4.52 Å². The van der Waals surface area contributed by atoms with Gasteiger partial charge in [-0.15, -0.1) is 0 Å². The highest BCUT2D eigenvalue weighted by Gasteiger charge is 2.25. The van der Waals surface area contributed by atoms with Gasteiger partial charge in [-0.2, -0.15) is 4.98 Å². The first-order chi connectivity index (χ1) is 8.24. The molecule has 1 unspecified atom stereocenters. The average Bonchev–Trinajstić information content (AvgIpc) is 2.87. The Hall–Kier alpha value is -0.380. The third-order valence-corrected chi connectivity index (χ3v) is 4.91. The van der Waals surface area contributed by atoms with Crippen LogP contribution in [0.4, 0.5) is 0 Å². The summed E-state index contributed by atoms with van der Waals surface area (Å²) in [6.07, 6.45) is 7.36. The molecular formula is C13H21BrN2O. The summed E-state index contributed by atoms with van der Waals surface area (Å²) in [4.78, 5) is 4.74. The fourth-order valence-corrected chi connectivity index (χ4v) is 2.73. The molecule has 96 valence electrons. The Balaban J connectivity index is 1.97. The van der Waals surface area contributed by atoms with Crippen LogP contribution < -0.4 is 0 Å². The molecule has 1 aliphatic rings. The standard InChI is InChI=1S/C13H21BrN2O/c1-3-9-5-7-10(8-6-9)12-15-13(17-16-12)11(14)4-2/h9-11H,3-8H2,1-2H3. The Morgan fingerprint density at radius 3 is 2.59 bits per heavy atom. The predicted octanol–water partition coefficient (Wildman–Crippen LogP) is 4.60. The third-order valence-electron chi connectivity index (χ3n) is 3.87. The Kier molecular flexibility index (Phi) is 4.60. The summed E-state index contributed by atoms with van der Waals surface area (Å²) in [5.74, 6) is 3.09. The number of alkyl halides is 1. The van der Waals surface area contributed by atoms with Crippen molar-refractivity contribution in [2.75, 3.05) is 0 Å². The van der Waals surface area contributed by atoms with Gasteiger partial charge >= 0.3 is 0 Å². The molecule has 1 aromatic heterocycles. The zero-order valence-electron chi connectivity index (χ0n) is 10.7. The maximum Gasteiger partial charge on any atom is 0.240 e. The molecule has 1 saturated carbocycles. The van der Waals surface area contributed by atoms with Gasteiger partial charge in [0, 0.05) is 5.92 Å². The highest BCUT2D eigenvalue weighted by molar-refractivity contribution is 9.09. The van der Waals surface area contributed by atoms with Crippen molar-refractivity contribution in [3.8, 4) is 0 Å². The molecule has 0 N–H and O–H groups in total. The molecule has 0 radical (unpaired) electrons. The molecule has 0 bridgehead atoms. The van der Waals surface area contributed by atoms with Crippen LogP contribution in [-0.4, -0.2) is 10.1 Å². The second kappa shape index (κ2) is 5.98. The van der Waals surface area contributed by atoms with Gasteiger partial charge in [0.05, 0.1) is 4.83 Å². The molecule has 0 aromatic carbocycles. The normalized spacial score (nSPS) is 27.0. The van der Waals surface area contributed by atoms with Crippen molar-refractivity contribution >= 4 is 15.9 Å². The second-order valence-electron chi connectivity index (χ2n) is 4.99. The Bertz CT molecular complexity index is 345. The third kappa shape index (κ3) is 3.09. The fourth-order valence-electron chi connectivity index (χ4n) is 2.54. The van der Waals surface area contributed by atoms with Crippen molar-refractivity contribution in [3.63, 3.8) is 0 Å². The van der Waals surface area contributed by atoms with Crippen molar-refractivity contribution in [2.24, 2.45) is 5.92 Å². The molecule has 0 saturated heterocycles. The topological polar surface area (TPSA) is 38.9 Å². The van der Waals surface area contributed by atoms with E-state index in [0.717, 1.165) is 24.1 Å². The van der Waals surface area contributed by atoms with Gasteiger partial charge in [-0.25, -0.2) is 0 Å². The number of rotatable bonds is 4. The fraction of sp³-hybridized carbons (Fsp3) is 0.846. The van der Waals surface area contributed by atoms with E-state index in [1.165, 1.54) is 32.1 Å². The summed E-state index contributed by atoms with van der Waals surface area (Å²) in [5.41, 5.74) is 0. The summed E-state index contributed by atoms with van der Waals surface area (Å²) in [7, 11) is 0. The van der Waals surface area contributed by atoms with Gasteiger partial charge in [0.2, 0.25) is 5.89 Å². The van der Waals surface area contributed by atoms with E-state index >= 15 is 0 Å². The van der Waals surface area contributed by atoms with Gasteiger partial charge in [-0.05, 0) is 38.0 Å². The molecule has 2 rings (SSSR count). The van der Waals surface area contributed by atoms with E-state index in [2.05, 4.69) is 39.9 Å². The molecule has 1 heterocycles. The minimum Gasteiger partial charge on any atom is -0.338 e. The van der Waals surface area contributed by atoms with Crippen LogP contribution in [0.3, 0.4) is 0 Å². The number of hydrogen-bond acceptors (Lipinski definition) is 3. The first-order valence-electron chi connectivity index (χ1n) is 6.72. The zero-order chi connectivity index (χ0) is 12.3. The lowest BCUT2D eigenvalue weighted by Crippen LogP contribution is -2.13. The van der Waals surface area contributed by atoms with Crippen molar-refractivity contribution in [1.29, 1.82) is 0 Å². The van der Waals surface area contributed by atoms with Crippen LogP contribution in [0.5, 0.6) is 0 Å². The molecule has 1 aromatic rings. The number of aromatic nitrogens is 2. The van der Waals surface area contributed by atoms with Gasteiger partial charge in [0.15, 0.2) is 5.82 Å². The minimum absolute atomic E-state index is 0.204. The number of hydrogen-bond donors (Lipinski definition) is 0. The van der Waals surface area contributed by atoms with Crippen LogP contribution in [-0.2, 0) is 0 Å². The van der Waals surface area contributed by atoms with Crippen LogP contribution in [0.15, 0.2) is 4.52 Å². The SMILES string of the molecule is CCC1CCC(c2noc(C(Br)CC)n2)CC1. The van der Waals surface area contributed by atoms with E-state index in [1.54, 1.807) is 0 Å². The molecule has 0 amide bonds. The molecule has 1 atom stereocenters. The monoisotopic (exact) mass is 300 g/mol. The lowest BCUT2D eigenvalue weighted by atomic mass is 9.80. The van der Waals surface area contributed by atoms with Gasteiger partial charge in [0.25, 0.3) is 0 Å². The van der Waals surface area contributed by atoms with E-state index in [4.69, 9.17) is 4.52 Å². The van der Waals surface area contributed by atoms with E-state index in [1.807, 2.05) is 0 Å². The van der Waals surface area contributed by atoms with E-state index in [9.17, 15) is 0 Å². The quantitative estimate of drug-likeness (QED) is 0.763. The molecule has 0 aliphatic heterocycles. The lowest BCUT2D eigenvalue weighted by molar-refractivity contribution is 0.303. The van der Waals surface area contributed by atoms with Crippen LogP contribution in [0.2, 0.25) is 0 Å². The van der Waals surface area contributed by atoms with Gasteiger partial charge in [-0.1, -0.05) is 41.4 Å². The summed E-state index contributed by atoms with van der Waals surface area (Å²) in [6.45, 7) is 4.39. The summed E-state index contributed by atoms with van der Waals surface area (Å²) in [5, 5.41) is 4.14. The van der Waals surface area contributed by atoms with Crippen LogP contribution in [0, 0.1) is 5.92 Å². The highest BCUT2D eigenvalue weighted by atomic mass is 79.9. The molecule has 1 fully saturated rings. The molecule has 17 heavy (non-hydrogen) atoms. The first-order valence-corrected chi connectivity index (χ1v) is 7.63.